The Hall–Kier alpha value is -0.780. The first kappa shape index (κ1) is 16.6. The molecule has 1 aliphatic rings. The van der Waals surface area contributed by atoms with Gasteiger partial charge in [-0.25, -0.2) is 0 Å². The van der Waals surface area contributed by atoms with Gasteiger partial charge in [0.1, 0.15) is 0 Å². The van der Waals surface area contributed by atoms with Crippen LogP contribution in [-0.2, 0) is 6.54 Å². The molecule has 0 amide bonds. The molecule has 0 spiro atoms. The fourth-order valence-corrected chi connectivity index (χ4v) is 2.95. The maximum absolute atomic E-state index is 5.61. The highest BCUT2D eigenvalue weighted by Crippen LogP contribution is 2.36. The average Bonchev–Trinajstić information content (AvgIpc) is 3.30. The van der Waals surface area contributed by atoms with Crippen molar-refractivity contribution in [3.63, 3.8) is 0 Å². The topological polar surface area (TPSA) is 33.7 Å². The van der Waals surface area contributed by atoms with E-state index in [0.29, 0.717) is 6.61 Å². The van der Waals surface area contributed by atoms with Gasteiger partial charge in [-0.1, -0.05) is 0 Å². The van der Waals surface area contributed by atoms with Gasteiger partial charge in [0.25, 0.3) is 0 Å². The van der Waals surface area contributed by atoms with Crippen molar-refractivity contribution < 1.29 is 9.47 Å². The molecule has 2 rings (SSSR count). The molecule has 1 fully saturated rings. The molecule has 1 saturated carbocycles. The van der Waals surface area contributed by atoms with Gasteiger partial charge < -0.3 is 19.7 Å². The fourth-order valence-electron chi connectivity index (χ4n) is 2.35. The van der Waals surface area contributed by atoms with Gasteiger partial charge in [0.2, 0.25) is 0 Å². The summed E-state index contributed by atoms with van der Waals surface area (Å²) in [7, 11) is 3.88. The molecule has 1 aromatic carbocycles. The van der Waals surface area contributed by atoms with Crippen molar-refractivity contribution in [1.29, 1.82) is 0 Å². The van der Waals surface area contributed by atoms with E-state index in [1.165, 1.54) is 18.4 Å². The van der Waals surface area contributed by atoms with E-state index in [1.54, 1.807) is 7.11 Å². The van der Waals surface area contributed by atoms with Crippen LogP contribution >= 0.6 is 15.9 Å². The van der Waals surface area contributed by atoms with Crippen LogP contribution in [0.5, 0.6) is 11.5 Å². The van der Waals surface area contributed by atoms with Gasteiger partial charge >= 0.3 is 0 Å². The monoisotopic (exact) mass is 356 g/mol. The van der Waals surface area contributed by atoms with E-state index in [0.717, 1.165) is 41.6 Å². The minimum atomic E-state index is 0.625. The minimum absolute atomic E-state index is 0.625. The van der Waals surface area contributed by atoms with Crippen LogP contribution in [0.25, 0.3) is 0 Å². The third kappa shape index (κ3) is 4.87. The Labute approximate surface area is 135 Å². The molecule has 118 valence electrons. The summed E-state index contributed by atoms with van der Waals surface area (Å²) in [5.74, 6) is 1.55. The van der Waals surface area contributed by atoms with Crippen LogP contribution in [0.15, 0.2) is 16.6 Å². The minimum Gasteiger partial charge on any atom is -0.493 e. The predicted molar refractivity (Wildman–Crippen MR) is 89.2 cm³/mol. The zero-order valence-electron chi connectivity index (χ0n) is 13.1. The summed E-state index contributed by atoms with van der Waals surface area (Å²) in [6.07, 6.45) is 2.72. The average molecular weight is 357 g/mol. The highest BCUT2D eigenvalue weighted by molar-refractivity contribution is 9.10. The number of rotatable bonds is 9. The number of likely N-dealkylation sites (N-methyl/N-ethyl adjacent to an activating group) is 1. The molecule has 0 bridgehead atoms. The van der Waals surface area contributed by atoms with Gasteiger partial charge in [0.05, 0.1) is 18.2 Å². The molecule has 0 aromatic heterocycles. The van der Waals surface area contributed by atoms with E-state index < -0.39 is 0 Å². The number of hydrogen-bond donors (Lipinski definition) is 1. The van der Waals surface area contributed by atoms with Crippen molar-refractivity contribution in [1.82, 2.24) is 10.2 Å². The summed E-state index contributed by atoms with van der Waals surface area (Å²) in [6.45, 7) is 5.53. The van der Waals surface area contributed by atoms with E-state index in [9.17, 15) is 0 Å². The van der Waals surface area contributed by atoms with Crippen LogP contribution in [0.1, 0.15) is 25.3 Å². The zero-order chi connectivity index (χ0) is 15.2. The van der Waals surface area contributed by atoms with Gasteiger partial charge in [-0.05, 0) is 60.4 Å². The van der Waals surface area contributed by atoms with E-state index in [2.05, 4.69) is 39.3 Å². The molecular weight excluding hydrogens is 332 g/mol. The lowest BCUT2D eigenvalue weighted by atomic mass is 10.2. The highest BCUT2D eigenvalue weighted by Gasteiger charge is 2.25. The van der Waals surface area contributed by atoms with Crippen molar-refractivity contribution in [2.24, 2.45) is 0 Å². The third-order valence-corrected chi connectivity index (χ3v) is 4.31. The molecule has 4 nitrogen and oxygen atoms in total. The first-order chi connectivity index (χ1) is 10.2. The van der Waals surface area contributed by atoms with Crippen LogP contribution in [0, 0.1) is 0 Å². The second kappa shape index (κ2) is 8.01. The SMILES string of the molecule is CCOc1c(Br)cc(CNCCN(C)C2CC2)cc1OC. The molecular formula is C16H25BrN2O2. The van der Waals surface area contributed by atoms with E-state index in [1.807, 2.05) is 13.0 Å². The number of methoxy groups -OCH3 is 1. The van der Waals surface area contributed by atoms with Gasteiger partial charge in [-0.3, -0.25) is 0 Å². The van der Waals surface area contributed by atoms with Gasteiger partial charge in [-0.15, -0.1) is 0 Å². The largest absolute Gasteiger partial charge is 0.493 e. The molecule has 1 N–H and O–H groups in total. The van der Waals surface area contributed by atoms with Crippen molar-refractivity contribution in [3.8, 4) is 11.5 Å². The van der Waals surface area contributed by atoms with Crippen LogP contribution in [0.2, 0.25) is 0 Å². The second-order valence-electron chi connectivity index (χ2n) is 5.43. The number of benzene rings is 1. The molecule has 0 aliphatic heterocycles. The number of hydrogen-bond acceptors (Lipinski definition) is 4. The van der Waals surface area contributed by atoms with Gasteiger partial charge in [-0.2, -0.15) is 0 Å². The Kier molecular flexibility index (Phi) is 6.33. The first-order valence-electron chi connectivity index (χ1n) is 7.55. The van der Waals surface area contributed by atoms with E-state index >= 15 is 0 Å². The maximum Gasteiger partial charge on any atom is 0.175 e. The van der Waals surface area contributed by atoms with E-state index in [-0.39, 0.29) is 0 Å². The van der Waals surface area contributed by atoms with Crippen LogP contribution in [0.3, 0.4) is 0 Å². The molecule has 0 radical (unpaired) electrons. The van der Waals surface area contributed by atoms with Crippen molar-refractivity contribution in [2.75, 3.05) is 33.9 Å². The van der Waals surface area contributed by atoms with Crippen molar-refractivity contribution >= 4 is 15.9 Å². The highest BCUT2D eigenvalue weighted by atomic mass is 79.9. The van der Waals surface area contributed by atoms with Crippen LogP contribution < -0.4 is 14.8 Å². The first-order valence-corrected chi connectivity index (χ1v) is 8.35. The van der Waals surface area contributed by atoms with Gasteiger partial charge in [0, 0.05) is 25.7 Å². The Morgan fingerprint density at radius 1 is 1.38 bits per heavy atom. The summed E-state index contributed by atoms with van der Waals surface area (Å²) in [4.78, 5) is 2.43. The molecule has 5 heteroatoms. The molecule has 1 aliphatic carbocycles. The third-order valence-electron chi connectivity index (χ3n) is 3.72. The fraction of sp³-hybridized carbons (Fsp3) is 0.625. The Morgan fingerprint density at radius 3 is 2.76 bits per heavy atom. The van der Waals surface area contributed by atoms with Crippen LogP contribution in [-0.4, -0.2) is 44.8 Å². The standard InChI is InChI=1S/C16H25BrN2O2/c1-4-21-16-14(17)9-12(10-15(16)20-3)11-18-7-8-19(2)13-5-6-13/h9-10,13,18H,4-8,11H2,1-3H3. The Morgan fingerprint density at radius 2 is 2.14 bits per heavy atom. The lowest BCUT2D eigenvalue weighted by Gasteiger charge is -2.16. The van der Waals surface area contributed by atoms with Crippen LogP contribution in [0.4, 0.5) is 0 Å². The number of ether oxygens (including phenoxy) is 2. The molecule has 0 unspecified atom stereocenters. The Balaban J connectivity index is 1.86. The maximum atomic E-state index is 5.61. The molecule has 0 atom stereocenters. The lowest BCUT2D eigenvalue weighted by molar-refractivity contribution is 0.308. The van der Waals surface area contributed by atoms with Gasteiger partial charge in [0.15, 0.2) is 11.5 Å². The van der Waals surface area contributed by atoms with E-state index in [4.69, 9.17) is 9.47 Å². The van der Waals surface area contributed by atoms with Crippen molar-refractivity contribution in [2.45, 2.75) is 32.4 Å². The Bertz CT molecular complexity index is 464. The summed E-state index contributed by atoms with van der Waals surface area (Å²) in [6, 6.07) is 4.95. The second-order valence-corrected chi connectivity index (χ2v) is 6.28. The summed E-state index contributed by atoms with van der Waals surface area (Å²) >= 11 is 3.56. The molecule has 1 aromatic rings. The molecule has 0 heterocycles. The quantitative estimate of drug-likeness (QED) is 0.689. The number of nitrogens with one attached hydrogen (secondary N) is 1. The number of halogens is 1. The number of nitrogens with zero attached hydrogens (tertiary/aromatic N) is 1. The lowest BCUT2D eigenvalue weighted by Crippen LogP contribution is -2.30. The molecule has 21 heavy (non-hydrogen) atoms. The zero-order valence-corrected chi connectivity index (χ0v) is 14.7. The summed E-state index contributed by atoms with van der Waals surface area (Å²) < 4.78 is 12.0. The van der Waals surface area contributed by atoms with Crippen molar-refractivity contribution in [3.05, 3.63) is 22.2 Å². The predicted octanol–water partition coefficient (Wildman–Crippen LogP) is 3.04. The smallest absolute Gasteiger partial charge is 0.175 e. The molecule has 0 saturated heterocycles. The summed E-state index contributed by atoms with van der Waals surface area (Å²) in [5, 5.41) is 3.49. The normalized spacial score (nSPS) is 14.5. The summed E-state index contributed by atoms with van der Waals surface area (Å²) in [5.41, 5.74) is 1.19.